The third-order valence-electron chi connectivity index (χ3n) is 6.22. The van der Waals surface area contributed by atoms with Gasteiger partial charge in [0.1, 0.15) is 11.3 Å². The number of ether oxygens (including phenoxy) is 1. The Morgan fingerprint density at radius 3 is 2.78 bits per heavy atom. The molecule has 0 amide bonds. The van der Waals surface area contributed by atoms with Crippen molar-refractivity contribution in [1.29, 1.82) is 0 Å². The average Bonchev–Trinajstić information content (AvgIpc) is 3.12. The average molecular weight is 435 g/mol. The summed E-state index contributed by atoms with van der Waals surface area (Å²) in [7, 11) is 1.58. The van der Waals surface area contributed by atoms with Gasteiger partial charge in [0, 0.05) is 23.0 Å². The van der Waals surface area contributed by atoms with E-state index in [1.165, 1.54) is 11.1 Å². The number of methoxy groups -OCH3 is 1. The number of fused-ring (bicyclic) bond motifs is 3. The first-order chi connectivity index (χ1) is 15.4. The van der Waals surface area contributed by atoms with Gasteiger partial charge in [0.15, 0.2) is 0 Å². The van der Waals surface area contributed by atoms with Crippen LogP contribution in [0.25, 0.3) is 21.9 Å². The van der Waals surface area contributed by atoms with E-state index in [0.29, 0.717) is 22.7 Å². The first-order valence-electron chi connectivity index (χ1n) is 11.1. The molecule has 168 valence electrons. The summed E-state index contributed by atoms with van der Waals surface area (Å²) >= 11 is 0. The molecule has 1 aromatic carbocycles. The highest BCUT2D eigenvalue weighted by Gasteiger charge is 2.21. The third kappa shape index (κ3) is 4.33. The number of hydrogen-bond donors (Lipinski definition) is 2. The van der Waals surface area contributed by atoms with Crippen LogP contribution in [0.15, 0.2) is 56.2 Å². The Labute approximate surface area is 186 Å². The molecule has 2 N–H and O–H groups in total. The second kappa shape index (κ2) is 9.02. The molecule has 4 rings (SSSR count). The SMILES string of the molecule is COc1ccc2[nH]c3c(=O)n(N=C[C@@H]4CC=C(CCC=C(C)C)C[C@H]4C)c(=O)[nH]c3c2c1. The van der Waals surface area contributed by atoms with Crippen LogP contribution in [-0.2, 0) is 0 Å². The molecule has 0 spiro atoms. The lowest BCUT2D eigenvalue weighted by molar-refractivity contribution is 0.415. The van der Waals surface area contributed by atoms with E-state index in [4.69, 9.17) is 4.74 Å². The molecule has 2 atom stereocenters. The lowest BCUT2D eigenvalue weighted by Crippen LogP contribution is -2.32. The Morgan fingerprint density at radius 2 is 2.06 bits per heavy atom. The molecule has 0 aliphatic heterocycles. The molecule has 0 fully saturated rings. The van der Waals surface area contributed by atoms with E-state index < -0.39 is 11.2 Å². The van der Waals surface area contributed by atoms with Gasteiger partial charge in [-0.1, -0.05) is 30.2 Å². The second-order valence-electron chi connectivity index (χ2n) is 8.86. The van der Waals surface area contributed by atoms with Crippen LogP contribution in [0.4, 0.5) is 0 Å². The number of rotatable bonds is 6. The minimum absolute atomic E-state index is 0.191. The maximum absolute atomic E-state index is 13.0. The van der Waals surface area contributed by atoms with Crippen molar-refractivity contribution < 1.29 is 4.74 Å². The van der Waals surface area contributed by atoms with Gasteiger partial charge in [-0.15, -0.1) is 4.68 Å². The maximum Gasteiger partial charge on any atom is 0.350 e. The molecule has 0 unspecified atom stereocenters. The Kier molecular flexibility index (Phi) is 6.17. The van der Waals surface area contributed by atoms with Gasteiger partial charge >= 0.3 is 11.2 Å². The van der Waals surface area contributed by atoms with Gasteiger partial charge in [-0.3, -0.25) is 4.79 Å². The van der Waals surface area contributed by atoms with Crippen LogP contribution in [-0.4, -0.2) is 28.0 Å². The van der Waals surface area contributed by atoms with Crippen molar-refractivity contribution in [3.63, 3.8) is 0 Å². The highest BCUT2D eigenvalue weighted by Crippen LogP contribution is 2.31. The summed E-state index contributed by atoms with van der Waals surface area (Å²) in [5.41, 5.74) is 3.35. The summed E-state index contributed by atoms with van der Waals surface area (Å²) in [6, 6.07) is 5.42. The van der Waals surface area contributed by atoms with Crippen molar-refractivity contribution in [2.24, 2.45) is 16.9 Å². The zero-order chi connectivity index (χ0) is 22.8. The van der Waals surface area contributed by atoms with Crippen LogP contribution in [0.1, 0.15) is 46.5 Å². The number of allylic oxidation sites excluding steroid dienone is 4. The predicted octanol–water partition coefficient (Wildman–Crippen LogP) is 4.73. The van der Waals surface area contributed by atoms with Gasteiger partial charge in [-0.25, -0.2) is 4.79 Å². The molecule has 2 aromatic heterocycles. The van der Waals surface area contributed by atoms with Gasteiger partial charge < -0.3 is 14.7 Å². The summed E-state index contributed by atoms with van der Waals surface area (Å²) in [5, 5.41) is 5.03. The molecule has 7 heteroatoms. The summed E-state index contributed by atoms with van der Waals surface area (Å²) in [5.74, 6) is 1.25. The summed E-state index contributed by atoms with van der Waals surface area (Å²) in [4.78, 5) is 31.6. The van der Waals surface area contributed by atoms with E-state index >= 15 is 0 Å². The maximum atomic E-state index is 13.0. The van der Waals surface area contributed by atoms with Crippen LogP contribution < -0.4 is 16.0 Å². The van der Waals surface area contributed by atoms with Crippen molar-refractivity contribution in [1.82, 2.24) is 14.6 Å². The number of aromatic amines is 2. The molecular formula is C25H30N4O3. The molecule has 2 heterocycles. The fraction of sp³-hybridized carbons (Fsp3) is 0.400. The van der Waals surface area contributed by atoms with E-state index in [1.54, 1.807) is 25.5 Å². The first-order valence-corrected chi connectivity index (χ1v) is 11.1. The Morgan fingerprint density at radius 1 is 1.25 bits per heavy atom. The quantitative estimate of drug-likeness (QED) is 0.434. The molecule has 0 saturated carbocycles. The lowest BCUT2D eigenvalue weighted by Gasteiger charge is -2.25. The van der Waals surface area contributed by atoms with E-state index in [2.05, 4.69) is 48.0 Å². The van der Waals surface area contributed by atoms with Crippen molar-refractivity contribution in [3.05, 3.63) is 62.3 Å². The minimum atomic E-state index is -0.552. The van der Waals surface area contributed by atoms with E-state index in [-0.39, 0.29) is 5.92 Å². The van der Waals surface area contributed by atoms with Crippen molar-refractivity contribution in [2.45, 2.75) is 46.5 Å². The van der Waals surface area contributed by atoms with Gasteiger partial charge in [-0.05, 0) is 63.6 Å². The zero-order valence-electron chi connectivity index (χ0n) is 19.1. The fourth-order valence-electron chi connectivity index (χ4n) is 4.34. The van der Waals surface area contributed by atoms with Crippen molar-refractivity contribution in [3.8, 4) is 5.75 Å². The number of H-pyrrole nitrogens is 2. The van der Waals surface area contributed by atoms with Gasteiger partial charge in [-0.2, -0.15) is 5.10 Å². The van der Waals surface area contributed by atoms with Crippen molar-refractivity contribution >= 4 is 28.2 Å². The Hall–Kier alpha value is -3.35. The molecule has 3 aromatic rings. The minimum Gasteiger partial charge on any atom is -0.497 e. The van der Waals surface area contributed by atoms with Crippen molar-refractivity contribution in [2.75, 3.05) is 7.11 Å². The van der Waals surface area contributed by atoms with E-state index in [1.807, 2.05) is 6.07 Å². The summed E-state index contributed by atoms with van der Waals surface area (Å²) in [6.45, 7) is 6.45. The molecule has 0 radical (unpaired) electrons. The fourth-order valence-corrected chi connectivity index (χ4v) is 4.34. The van der Waals surface area contributed by atoms with Crippen LogP contribution in [0.5, 0.6) is 5.75 Å². The molecular weight excluding hydrogens is 404 g/mol. The van der Waals surface area contributed by atoms with Crippen LogP contribution >= 0.6 is 0 Å². The molecule has 32 heavy (non-hydrogen) atoms. The van der Waals surface area contributed by atoms with Crippen LogP contribution in [0.3, 0.4) is 0 Å². The first kappa shape index (κ1) is 21.9. The normalized spacial score (nSPS) is 18.9. The van der Waals surface area contributed by atoms with Gasteiger partial charge in [0.05, 0.1) is 12.6 Å². The number of aromatic nitrogens is 3. The van der Waals surface area contributed by atoms with Crippen LogP contribution in [0, 0.1) is 11.8 Å². The highest BCUT2D eigenvalue weighted by molar-refractivity contribution is 6.04. The summed E-state index contributed by atoms with van der Waals surface area (Å²) < 4.78 is 6.17. The highest BCUT2D eigenvalue weighted by atomic mass is 16.5. The van der Waals surface area contributed by atoms with E-state index in [0.717, 1.165) is 41.3 Å². The number of nitrogens with zero attached hydrogens (tertiary/aromatic N) is 2. The molecule has 1 aliphatic rings. The monoisotopic (exact) mass is 434 g/mol. The van der Waals surface area contributed by atoms with Gasteiger partial charge in [0.25, 0.3) is 0 Å². The van der Waals surface area contributed by atoms with Gasteiger partial charge in [0.2, 0.25) is 0 Å². The van der Waals surface area contributed by atoms with Crippen LogP contribution in [0.2, 0.25) is 0 Å². The lowest BCUT2D eigenvalue weighted by atomic mass is 9.80. The molecule has 7 nitrogen and oxygen atoms in total. The standard InChI is InChI=1S/C25H30N4O3/c1-15(2)6-5-7-17-8-9-18(16(3)12-17)14-26-29-24(30)23-22(28-25(29)31)20-13-19(32-4)10-11-21(20)27-23/h6,8,10-11,13-14,16,18,27H,5,7,9,12H2,1-4H3,(H,28,31)/t16-,18+/m1/s1. The van der Waals surface area contributed by atoms with E-state index in [9.17, 15) is 9.59 Å². The Bertz CT molecular complexity index is 1350. The number of benzene rings is 1. The Balaban J connectivity index is 1.60. The second-order valence-corrected chi connectivity index (χ2v) is 8.86. The smallest absolute Gasteiger partial charge is 0.350 e. The largest absolute Gasteiger partial charge is 0.497 e. The topological polar surface area (TPSA) is 92.2 Å². The molecule has 0 bridgehead atoms. The molecule has 0 saturated heterocycles. The summed E-state index contributed by atoms with van der Waals surface area (Å²) in [6.07, 6.45) is 10.4. The number of nitrogens with one attached hydrogen (secondary N) is 2. The zero-order valence-corrected chi connectivity index (χ0v) is 19.1. The predicted molar refractivity (Wildman–Crippen MR) is 130 cm³/mol. The third-order valence-corrected chi connectivity index (χ3v) is 6.22. The molecule has 1 aliphatic carbocycles. The number of hydrogen-bond acceptors (Lipinski definition) is 4.